The number of ether oxygens (including phenoxy) is 2. The number of hydrogen-bond donors (Lipinski definition) is 0. The summed E-state index contributed by atoms with van der Waals surface area (Å²) in [7, 11) is 0. The zero-order valence-electron chi connectivity index (χ0n) is 13.6. The van der Waals surface area contributed by atoms with E-state index in [1.54, 1.807) is 41.5 Å². The number of rotatable bonds is 1. The van der Waals surface area contributed by atoms with Crippen LogP contribution in [0.5, 0.6) is 0 Å². The lowest BCUT2D eigenvalue weighted by Crippen LogP contribution is -2.48. The van der Waals surface area contributed by atoms with Crippen LogP contribution >= 0.6 is 0 Å². The molecule has 1 unspecified atom stereocenters. The normalized spacial score (nSPS) is 22.6. The number of carbonyl (C=O) groups is 2. The van der Waals surface area contributed by atoms with Gasteiger partial charge < -0.3 is 9.47 Å². The van der Waals surface area contributed by atoms with E-state index >= 15 is 0 Å². The number of nitrogens with zero attached hydrogens (tertiary/aromatic N) is 2. The predicted octanol–water partition coefficient (Wildman–Crippen LogP) is 2.62. The third kappa shape index (κ3) is 4.92. The van der Waals surface area contributed by atoms with Crippen molar-refractivity contribution in [3.8, 4) is 6.07 Å². The first kappa shape index (κ1) is 17.3. The van der Waals surface area contributed by atoms with E-state index in [0.717, 1.165) is 0 Å². The van der Waals surface area contributed by atoms with Crippen LogP contribution < -0.4 is 0 Å². The first-order valence-corrected chi connectivity index (χ1v) is 7.08. The van der Waals surface area contributed by atoms with Gasteiger partial charge in [0.2, 0.25) is 0 Å². The number of amides is 1. The molecule has 1 rings (SSSR count). The summed E-state index contributed by atoms with van der Waals surface area (Å²) >= 11 is 0. The molecule has 0 N–H and O–H groups in total. The Morgan fingerprint density at radius 1 is 1.05 bits per heavy atom. The summed E-state index contributed by atoms with van der Waals surface area (Å²) in [5.74, 6) is -0.494. The van der Waals surface area contributed by atoms with Crippen molar-refractivity contribution < 1.29 is 19.1 Å². The summed E-state index contributed by atoms with van der Waals surface area (Å²) in [5, 5.41) is 9.16. The zero-order chi connectivity index (χ0) is 16.4. The first-order valence-electron chi connectivity index (χ1n) is 7.08. The van der Waals surface area contributed by atoms with Crippen LogP contribution in [0.4, 0.5) is 4.79 Å². The second kappa shape index (κ2) is 5.92. The first-order chi connectivity index (χ1) is 9.44. The highest BCUT2D eigenvalue weighted by Crippen LogP contribution is 2.28. The molecule has 0 radical (unpaired) electrons. The van der Waals surface area contributed by atoms with Gasteiger partial charge in [0.25, 0.3) is 0 Å². The molecule has 0 spiro atoms. The highest BCUT2D eigenvalue weighted by atomic mass is 16.6. The average Bonchev–Trinajstić information content (AvgIpc) is 2.67. The van der Waals surface area contributed by atoms with Gasteiger partial charge in [0.1, 0.15) is 23.3 Å². The van der Waals surface area contributed by atoms with E-state index < -0.39 is 35.3 Å². The van der Waals surface area contributed by atoms with Gasteiger partial charge in [-0.05, 0) is 54.4 Å². The third-order valence-electron chi connectivity index (χ3n) is 2.82. The van der Waals surface area contributed by atoms with Crippen LogP contribution in [0.2, 0.25) is 0 Å². The number of carbonyl (C=O) groups excluding carboxylic acids is 2. The Morgan fingerprint density at radius 3 is 2.00 bits per heavy atom. The van der Waals surface area contributed by atoms with Crippen molar-refractivity contribution in [3.05, 3.63) is 0 Å². The molecular formula is C15H24N2O4. The van der Waals surface area contributed by atoms with E-state index in [2.05, 4.69) is 0 Å². The fourth-order valence-electron chi connectivity index (χ4n) is 2.11. The average molecular weight is 296 g/mol. The lowest BCUT2D eigenvalue weighted by Gasteiger charge is -2.30. The molecule has 1 amide bonds. The molecule has 2 atom stereocenters. The van der Waals surface area contributed by atoms with Gasteiger partial charge in [-0.1, -0.05) is 0 Å². The van der Waals surface area contributed by atoms with Crippen molar-refractivity contribution >= 4 is 12.1 Å². The molecule has 6 nitrogen and oxygen atoms in total. The summed E-state index contributed by atoms with van der Waals surface area (Å²) in [6.45, 7) is 10.5. The number of likely N-dealkylation sites (tertiary alicyclic amines) is 1. The van der Waals surface area contributed by atoms with Crippen molar-refractivity contribution in [2.24, 2.45) is 0 Å². The van der Waals surface area contributed by atoms with E-state index in [9.17, 15) is 9.59 Å². The maximum Gasteiger partial charge on any atom is 0.412 e. The highest BCUT2D eigenvalue weighted by Gasteiger charge is 2.44. The van der Waals surface area contributed by atoms with Crippen LogP contribution in [0.25, 0.3) is 0 Å². The van der Waals surface area contributed by atoms with Crippen LogP contribution in [-0.4, -0.2) is 40.2 Å². The smallest absolute Gasteiger partial charge is 0.412 e. The molecule has 1 fully saturated rings. The Bertz CT molecular complexity index is 454. The van der Waals surface area contributed by atoms with Crippen LogP contribution in [0.15, 0.2) is 0 Å². The molecule has 1 aliphatic heterocycles. The van der Waals surface area contributed by atoms with Gasteiger partial charge in [0, 0.05) is 0 Å². The molecule has 6 heteroatoms. The van der Waals surface area contributed by atoms with E-state index in [4.69, 9.17) is 14.7 Å². The lowest BCUT2D eigenvalue weighted by atomic mass is 10.1. The summed E-state index contributed by atoms with van der Waals surface area (Å²) in [5.41, 5.74) is -1.32. The predicted molar refractivity (Wildman–Crippen MR) is 76.3 cm³/mol. The van der Waals surface area contributed by atoms with E-state index in [0.29, 0.717) is 12.8 Å². The monoisotopic (exact) mass is 296 g/mol. The van der Waals surface area contributed by atoms with Gasteiger partial charge in [-0.25, -0.2) is 9.59 Å². The van der Waals surface area contributed by atoms with Gasteiger partial charge in [-0.15, -0.1) is 0 Å². The van der Waals surface area contributed by atoms with Crippen molar-refractivity contribution in [2.45, 2.75) is 77.7 Å². The van der Waals surface area contributed by atoms with Gasteiger partial charge in [0.15, 0.2) is 0 Å². The summed E-state index contributed by atoms with van der Waals surface area (Å²) < 4.78 is 10.6. The van der Waals surface area contributed by atoms with Crippen molar-refractivity contribution in [1.82, 2.24) is 4.90 Å². The van der Waals surface area contributed by atoms with Gasteiger partial charge in [0.05, 0.1) is 6.07 Å². The Morgan fingerprint density at radius 2 is 1.57 bits per heavy atom. The Kier molecular flexibility index (Phi) is 4.87. The van der Waals surface area contributed by atoms with Crippen LogP contribution in [0, 0.1) is 11.3 Å². The highest BCUT2D eigenvalue weighted by molar-refractivity contribution is 5.83. The molecule has 1 aliphatic rings. The maximum atomic E-state index is 12.3. The molecule has 21 heavy (non-hydrogen) atoms. The third-order valence-corrected chi connectivity index (χ3v) is 2.82. The topological polar surface area (TPSA) is 79.6 Å². The molecule has 0 aromatic rings. The van der Waals surface area contributed by atoms with Crippen molar-refractivity contribution in [3.63, 3.8) is 0 Å². The number of nitriles is 1. The molecule has 0 aromatic carbocycles. The Hall–Kier alpha value is -1.77. The van der Waals surface area contributed by atoms with E-state index in [-0.39, 0.29) is 0 Å². The van der Waals surface area contributed by atoms with Gasteiger partial charge in [-0.3, -0.25) is 4.90 Å². The Labute approximate surface area is 126 Å². The molecule has 0 aliphatic carbocycles. The minimum absolute atomic E-state index is 0.409. The summed E-state index contributed by atoms with van der Waals surface area (Å²) in [6, 6.07) is 0.630. The second-order valence-corrected chi connectivity index (χ2v) is 7.16. The minimum Gasteiger partial charge on any atom is -0.458 e. The number of esters is 1. The Balaban J connectivity index is 2.91. The SMILES string of the molecule is CC(C)(C)OC(=O)[C@@H]1CCC(C#N)N1C(=O)OC(C)(C)C. The van der Waals surface area contributed by atoms with Gasteiger partial charge >= 0.3 is 12.1 Å². The molecule has 0 aromatic heterocycles. The second-order valence-electron chi connectivity index (χ2n) is 7.16. The van der Waals surface area contributed by atoms with Crippen LogP contribution in [0.3, 0.4) is 0 Å². The van der Waals surface area contributed by atoms with Crippen LogP contribution in [-0.2, 0) is 14.3 Å². The fourth-order valence-corrected chi connectivity index (χ4v) is 2.11. The van der Waals surface area contributed by atoms with E-state index in [1.165, 1.54) is 4.90 Å². The summed E-state index contributed by atoms with van der Waals surface area (Å²) in [4.78, 5) is 25.7. The molecule has 1 heterocycles. The fraction of sp³-hybridized carbons (Fsp3) is 0.800. The van der Waals surface area contributed by atoms with Crippen molar-refractivity contribution in [2.75, 3.05) is 0 Å². The molecule has 118 valence electrons. The largest absolute Gasteiger partial charge is 0.458 e. The quantitative estimate of drug-likeness (QED) is 0.695. The molecule has 1 saturated heterocycles. The molecule has 0 bridgehead atoms. The molecular weight excluding hydrogens is 272 g/mol. The van der Waals surface area contributed by atoms with Crippen molar-refractivity contribution in [1.29, 1.82) is 5.26 Å². The zero-order valence-corrected chi connectivity index (χ0v) is 13.6. The minimum atomic E-state index is -0.760. The van der Waals surface area contributed by atoms with E-state index in [1.807, 2.05) is 6.07 Å². The lowest BCUT2D eigenvalue weighted by molar-refractivity contribution is -0.160. The standard InChI is InChI=1S/C15H24N2O4/c1-14(2,3)20-12(18)11-8-7-10(9-16)17(11)13(19)21-15(4,5)6/h10-11H,7-8H2,1-6H3/t10?,11-/m0/s1. The number of hydrogen-bond acceptors (Lipinski definition) is 5. The maximum absolute atomic E-state index is 12.3. The molecule has 0 saturated carbocycles. The van der Waals surface area contributed by atoms with Gasteiger partial charge in [-0.2, -0.15) is 5.26 Å². The van der Waals surface area contributed by atoms with Crippen LogP contribution in [0.1, 0.15) is 54.4 Å². The summed E-state index contributed by atoms with van der Waals surface area (Å²) in [6.07, 6.45) is 0.203.